The Hall–Kier alpha value is -2.13. The molecule has 2 rings (SSSR count). The molecule has 0 bridgehead atoms. The quantitative estimate of drug-likeness (QED) is 0.521. The lowest BCUT2D eigenvalue weighted by molar-refractivity contribution is -0.176. The highest BCUT2D eigenvalue weighted by atomic mass is 32.1. The summed E-state index contributed by atoms with van der Waals surface area (Å²) in [6, 6.07) is 7.24. The largest absolute Gasteiger partial charge is 0.411 e. The third-order valence-corrected chi connectivity index (χ3v) is 4.52. The second kappa shape index (κ2) is 10.4. The molecule has 0 saturated carbocycles. The van der Waals surface area contributed by atoms with Crippen LogP contribution in [0, 0.1) is 6.92 Å². The fourth-order valence-electron chi connectivity index (χ4n) is 2.54. The molecule has 9 heteroatoms. The van der Waals surface area contributed by atoms with E-state index >= 15 is 0 Å². The Morgan fingerprint density at radius 3 is 2.71 bits per heavy atom. The van der Waals surface area contributed by atoms with Gasteiger partial charge in [0.25, 0.3) is 0 Å². The normalized spacial score (nSPS) is 12.3. The van der Waals surface area contributed by atoms with Gasteiger partial charge in [0.05, 0.1) is 30.4 Å². The minimum atomic E-state index is -4.32. The van der Waals surface area contributed by atoms with Crippen molar-refractivity contribution in [2.24, 2.45) is 4.99 Å². The number of hydrogen-bond donors (Lipinski definition) is 1. The van der Waals surface area contributed by atoms with Crippen LogP contribution >= 0.6 is 11.3 Å². The number of ether oxygens (including phenoxy) is 1. The molecule has 0 saturated heterocycles. The second-order valence-corrected chi connectivity index (χ2v) is 7.37. The number of halogens is 3. The van der Waals surface area contributed by atoms with Gasteiger partial charge in [0.1, 0.15) is 6.61 Å². The van der Waals surface area contributed by atoms with Gasteiger partial charge in [-0.1, -0.05) is 24.3 Å². The van der Waals surface area contributed by atoms with E-state index in [1.807, 2.05) is 43.3 Å². The number of rotatable bonds is 8. The number of aliphatic imine (C=N–C) groups is 1. The highest BCUT2D eigenvalue weighted by Gasteiger charge is 2.27. The van der Waals surface area contributed by atoms with Gasteiger partial charge in [-0.3, -0.25) is 0 Å². The van der Waals surface area contributed by atoms with Gasteiger partial charge >= 0.3 is 6.18 Å². The summed E-state index contributed by atoms with van der Waals surface area (Å²) in [5.41, 5.74) is 2.58. The fourth-order valence-corrected chi connectivity index (χ4v) is 3.14. The zero-order valence-electron chi connectivity index (χ0n) is 16.2. The molecule has 0 amide bonds. The zero-order chi connectivity index (χ0) is 20.6. The van der Waals surface area contributed by atoms with E-state index in [1.165, 1.54) is 0 Å². The molecule has 5 nitrogen and oxygen atoms in total. The summed E-state index contributed by atoms with van der Waals surface area (Å²) in [4.78, 5) is 11.1. The Kier molecular flexibility index (Phi) is 8.25. The van der Waals surface area contributed by atoms with Crippen molar-refractivity contribution < 1.29 is 17.9 Å². The Bertz CT molecular complexity index is 777. The molecule has 154 valence electrons. The number of thiazole rings is 1. The van der Waals surface area contributed by atoms with Crippen molar-refractivity contribution in [1.82, 2.24) is 15.2 Å². The summed E-state index contributed by atoms with van der Waals surface area (Å²) in [6.07, 6.45) is -4.32. The zero-order valence-corrected chi connectivity index (χ0v) is 17.0. The first-order valence-corrected chi connectivity index (χ1v) is 9.77. The summed E-state index contributed by atoms with van der Waals surface area (Å²) in [5, 5.41) is 6.30. The highest BCUT2D eigenvalue weighted by molar-refractivity contribution is 7.09. The smallest absolute Gasteiger partial charge is 0.367 e. The van der Waals surface area contributed by atoms with E-state index in [9.17, 15) is 13.2 Å². The monoisotopic (exact) mass is 414 g/mol. The fraction of sp³-hybridized carbons (Fsp3) is 0.474. The van der Waals surface area contributed by atoms with Gasteiger partial charge in [-0.05, 0) is 25.0 Å². The number of alkyl halides is 3. The van der Waals surface area contributed by atoms with E-state index in [4.69, 9.17) is 4.74 Å². The van der Waals surface area contributed by atoms with E-state index < -0.39 is 12.8 Å². The van der Waals surface area contributed by atoms with Crippen LogP contribution in [0.2, 0.25) is 0 Å². The van der Waals surface area contributed by atoms with Crippen LogP contribution in [0.5, 0.6) is 0 Å². The lowest BCUT2D eigenvalue weighted by atomic mass is 10.1. The molecule has 0 atom stereocenters. The van der Waals surface area contributed by atoms with Crippen molar-refractivity contribution in [2.75, 3.05) is 20.2 Å². The maximum absolute atomic E-state index is 12.2. The molecule has 0 radical (unpaired) electrons. The van der Waals surface area contributed by atoms with Crippen LogP contribution in [-0.2, 0) is 24.4 Å². The molecule has 1 aromatic carbocycles. The predicted molar refractivity (Wildman–Crippen MR) is 105 cm³/mol. The average molecular weight is 414 g/mol. The van der Waals surface area contributed by atoms with Gasteiger partial charge in [0.15, 0.2) is 5.96 Å². The van der Waals surface area contributed by atoms with Gasteiger partial charge < -0.3 is 15.0 Å². The Morgan fingerprint density at radius 2 is 2.07 bits per heavy atom. The summed E-state index contributed by atoms with van der Waals surface area (Å²) in [5.74, 6) is 0.742. The van der Waals surface area contributed by atoms with Gasteiger partial charge in [-0.15, -0.1) is 11.3 Å². The van der Waals surface area contributed by atoms with Gasteiger partial charge in [0, 0.05) is 19.0 Å². The highest BCUT2D eigenvalue weighted by Crippen LogP contribution is 2.16. The molecule has 2 aromatic rings. The molecule has 0 aliphatic rings. The summed E-state index contributed by atoms with van der Waals surface area (Å²) in [6.45, 7) is 4.41. The van der Waals surface area contributed by atoms with Crippen molar-refractivity contribution in [3.63, 3.8) is 0 Å². The number of guanidine groups is 1. The number of nitrogens with one attached hydrogen (secondary N) is 1. The first-order chi connectivity index (χ1) is 13.3. The van der Waals surface area contributed by atoms with Gasteiger partial charge in [0.2, 0.25) is 0 Å². The minimum absolute atomic E-state index is 0.0831. The standard InChI is InChI=1S/C19H25F3N4OS/c1-4-23-18(26(3)10-17-12-28-14(2)25-17)24-9-15-6-5-7-16(8-15)11-27-13-19(20,21)22/h5-8,12H,4,9-11,13H2,1-3H3,(H,23,24). The maximum atomic E-state index is 12.2. The summed E-state index contributed by atoms with van der Waals surface area (Å²) >= 11 is 1.61. The molecule has 0 spiro atoms. The number of hydrogen-bond acceptors (Lipinski definition) is 4. The van der Waals surface area contributed by atoms with Crippen molar-refractivity contribution in [2.45, 2.75) is 39.7 Å². The molecule has 0 aliphatic heterocycles. The number of nitrogens with zero attached hydrogens (tertiary/aromatic N) is 3. The lowest BCUT2D eigenvalue weighted by Crippen LogP contribution is -2.38. The van der Waals surface area contributed by atoms with Crippen LogP contribution < -0.4 is 5.32 Å². The van der Waals surface area contributed by atoms with E-state index in [-0.39, 0.29) is 6.61 Å². The molecular formula is C19H25F3N4OS. The minimum Gasteiger partial charge on any atom is -0.367 e. The van der Waals surface area contributed by atoms with Crippen LogP contribution in [0.15, 0.2) is 34.6 Å². The van der Waals surface area contributed by atoms with Crippen molar-refractivity contribution in [3.05, 3.63) is 51.5 Å². The molecule has 0 aliphatic carbocycles. The maximum Gasteiger partial charge on any atom is 0.411 e. The Morgan fingerprint density at radius 1 is 1.32 bits per heavy atom. The van der Waals surface area contributed by atoms with Crippen molar-refractivity contribution in [1.29, 1.82) is 0 Å². The number of aromatic nitrogens is 1. The van der Waals surface area contributed by atoms with E-state index in [1.54, 1.807) is 23.5 Å². The summed E-state index contributed by atoms with van der Waals surface area (Å²) in [7, 11) is 1.94. The van der Waals surface area contributed by atoms with Crippen molar-refractivity contribution >= 4 is 17.3 Å². The molecule has 0 fully saturated rings. The average Bonchev–Trinajstić information content (AvgIpc) is 3.02. The van der Waals surface area contributed by atoms with Crippen LogP contribution in [0.3, 0.4) is 0 Å². The molecule has 1 aromatic heterocycles. The molecular weight excluding hydrogens is 389 g/mol. The van der Waals surface area contributed by atoms with Crippen LogP contribution in [0.25, 0.3) is 0 Å². The van der Waals surface area contributed by atoms with E-state index in [0.717, 1.165) is 28.8 Å². The van der Waals surface area contributed by atoms with Gasteiger partial charge in [-0.2, -0.15) is 13.2 Å². The number of aryl methyl sites for hydroxylation is 1. The Balaban J connectivity index is 1.98. The summed E-state index contributed by atoms with van der Waals surface area (Å²) < 4.78 is 41.3. The predicted octanol–water partition coefficient (Wildman–Crippen LogP) is 4.13. The first kappa shape index (κ1) is 22.2. The molecule has 0 unspecified atom stereocenters. The van der Waals surface area contributed by atoms with Crippen LogP contribution in [-0.4, -0.2) is 42.2 Å². The Labute approximate surface area is 167 Å². The second-order valence-electron chi connectivity index (χ2n) is 6.31. The molecule has 28 heavy (non-hydrogen) atoms. The first-order valence-electron chi connectivity index (χ1n) is 8.89. The third kappa shape index (κ3) is 7.85. The molecule has 1 heterocycles. The topological polar surface area (TPSA) is 49.8 Å². The third-order valence-electron chi connectivity index (χ3n) is 3.70. The van der Waals surface area contributed by atoms with Crippen LogP contribution in [0.4, 0.5) is 13.2 Å². The van der Waals surface area contributed by atoms with Gasteiger partial charge in [-0.25, -0.2) is 9.98 Å². The van der Waals surface area contributed by atoms with E-state index in [0.29, 0.717) is 18.7 Å². The lowest BCUT2D eigenvalue weighted by Gasteiger charge is -2.21. The SMILES string of the molecule is CCNC(=NCc1cccc(COCC(F)(F)F)c1)N(C)Cc1csc(C)n1. The molecule has 1 N–H and O–H groups in total. The van der Waals surface area contributed by atoms with Crippen molar-refractivity contribution in [3.8, 4) is 0 Å². The number of benzene rings is 1. The van der Waals surface area contributed by atoms with E-state index in [2.05, 4.69) is 15.3 Å². The van der Waals surface area contributed by atoms with Crippen LogP contribution in [0.1, 0.15) is 28.8 Å².